The molecule has 0 radical (unpaired) electrons. The molecule has 0 aliphatic carbocycles. The smallest absolute Gasteiger partial charge is 0.326 e. The quantitative estimate of drug-likeness (QED) is 0.540. The minimum Gasteiger partial charge on any atom is -0.456 e. The van der Waals surface area contributed by atoms with Gasteiger partial charge < -0.3 is 4.74 Å². The van der Waals surface area contributed by atoms with Gasteiger partial charge in [-0.15, -0.1) is 11.3 Å². The van der Waals surface area contributed by atoms with Crippen molar-refractivity contribution in [3.8, 4) is 0 Å². The average molecular weight is 469 g/mol. The van der Waals surface area contributed by atoms with E-state index in [1.165, 1.54) is 9.47 Å². The molecule has 0 saturated carbocycles. The summed E-state index contributed by atoms with van der Waals surface area (Å²) in [5.41, 5.74) is 1.85. The maximum Gasteiger partial charge on any atom is 0.326 e. The highest BCUT2D eigenvalue weighted by Gasteiger charge is 2.36. The minimum absolute atomic E-state index is 0.235. The van der Waals surface area contributed by atoms with Crippen LogP contribution in [0.5, 0.6) is 0 Å². The first-order valence-electron chi connectivity index (χ1n) is 10.1. The molecule has 32 heavy (non-hydrogen) atoms. The number of carbonyl (C=O) groups excluding carboxylic acids is 2. The fourth-order valence-corrected chi connectivity index (χ4v) is 4.99. The zero-order valence-electron chi connectivity index (χ0n) is 17.6. The van der Waals surface area contributed by atoms with Gasteiger partial charge >= 0.3 is 5.97 Å². The van der Waals surface area contributed by atoms with Crippen LogP contribution in [0.3, 0.4) is 0 Å². The summed E-state index contributed by atoms with van der Waals surface area (Å²) < 4.78 is 7.92. The van der Waals surface area contributed by atoms with E-state index in [0.29, 0.717) is 32.0 Å². The molecule has 8 heteroatoms. The second-order valence-corrected chi connectivity index (χ2v) is 8.86. The number of hydrogen-bond donors (Lipinski definition) is 0. The molecule has 1 aliphatic heterocycles. The number of halogens is 1. The summed E-state index contributed by atoms with van der Waals surface area (Å²) in [6.45, 7) is 7.70. The number of anilines is 1. The maximum atomic E-state index is 13.4. The molecule has 0 unspecified atom stereocenters. The van der Waals surface area contributed by atoms with Crippen LogP contribution in [0, 0.1) is 0 Å². The van der Waals surface area contributed by atoms with Gasteiger partial charge in [0.15, 0.2) is 0 Å². The van der Waals surface area contributed by atoms with Crippen LogP contribution in [0.25, 0.3) is 12.2 Å². The number of esters is 1. The van der Waals surface area contributed by atoms with Crippen LogP contribution < -0.4 is 19.7 Å². The van der Waals surface area contributed by atoms with Crippen LogP contribution in [0.1, 0.15) is 31.1 Å². The number of benzene rings is 2. The Hall–Kier alpha value is -3.16. The molecule has 164 valence electrons. The highest BCUT2D eigenvalue weighted by Crippen LogP contribution is 2.37. The van der Waals surface area contributed by atoms with Crippen molar-refractivity contribution in [3.05, 3.63) is 84.2 Å². The fourth-order valence-electron chi connectivity index (χ4n) is 3.77. The SMILES string of the molecule is C=c1s/c(=C2\C(=O)N(CC(=O)O[C@H](C)c3ccccc3)c3ccc(Cl)cc32)c(=O)n1CC. The third-order valence-corrected chi connectivity index (χ3v) is 6.62. The average Bonchev–Trinajstić information content (AvgIpc) is 3.20. The first-order valence-corrected chi connectivity index (χ1v) is 11.3. The van der Waals surface area contributed by atoms with Crippen molar-refractivity contribution < 1.29 is 14.3 Å². The standard InChI is InChI=1S/C24H21ClN2O4S/c1-4-26-15(3)32-22(24(26)30)21-18-12-17(25)10-11-19(18)27(23(21)29)13-20(28)31-14(2)16-8-6-5-7-9-16/h5-12,14H,3-4,13H2,1-2H3/b22-21-/t14-/m1/s1. The molecule has 6 nitrogen and oxygen atoms in total. The monoisotopic (exact) mass is 468 g/mol. The summed E-state index contributed by atoms with van der Waals surface area (Å²) in [6.07, 6.45) is -0.461. The molecule has 1 atom stereocenters. The summed E-state index contributed by atoms with van der Waals surface area (Å²) in [7, 11) is 0. The second kappa shape index (κ2) is 8.76. The topological polar surface area (TPSA) is 68.6 Å². The van der Waals surface area contributed by atoms with E-state index in [0.717, 1.165) is 16.9 Å². The van der Waals surface area contributed by atoms with Crippen molar-refractivity contribution in [3.63, 3.8) is 0 Å². The molecule has 0 bridgehead atoms. The Balaban J connectivity index is 1.72. The summed E-state index contributed by atoms with van der Waals surface area (Å²) in [5, 5.41) is 0.429. The Labute approximate surface area is 193 Å². The van der Waals surface area contributed by atoms with E-state index in [-0.39, 0.29) is 17.7 Å². The van der Waals surface area contributed by atoms with Crippen LogP contribution in [-0.4, -0.2) is 23.0 Å². The molecule has 0 saturated heterocycles. The normalized spacial score (nSPS) is 15.6. The van der Waals surface area contributed by atoms with Gasteiger partial charge in [0.05, 0.1) is 15.9 Å². The van der Waals surface area contributed by atoms with Crippen molar-refractivity contribution in [2.45, 2.75) is 26.5 Å². The Morgan fingerprint density at radius 1 is 1.19 bits per heavy atom. The largest absolute Gasteiger partial charge is 0.456 e. The summed E-state index contributed by atoms with van der Waals surface area (Å²) in [4.78, 5) is 40.3. The van der Waals surface area contributed by atoms with E-state index in [1.807, 2.05) is 37.3 Å². The van der Waals surface area contributed by atoms with Crippen LogP contribution >= 0.6 is 22.9 Å². The van der Waals surface area contributed by atoms with Crippen molar-refractivity contribution in [1.82, 2.24) is 4.57 Å². The maximum absolute atomic E-state index is 13.4. The highest BCUT2D eigenvalue weighted by molar-refractivity contribution is 7.07. The molecule has 2 heterocycles. The van der Waals surface area contributed by atoms with Gasteiger partial charge in [-0.3, -0.25) is 23.9 Å². The number of nitrogens with zero attached hydrogens (tertiary/aromatic N) is 2. The summed E-state index contributed by atoms with van der Waals surface area (Å²) in [5.74, 6) is -0.986. The first-order chi connectivity index (χ1) is 15.3. The van der Waals surface area contributed by atoms with Gasteiger partial charge in [0.25, 0.3) is 11.5 Å². The lowest BCUT2D eigenvalue weighted by atomic mass is 10.1. The Bertz CT molecular complexity index is 1380. The molecule has 2 aromatic carbocycles. The van der Waals surface area contributed by atoms with E-state index in [1.54, 1.807) is 25.1 Å². The third-order valence-electron chi connectivity index (χ3n) is 5.35. The van der Waals surface area contributed by atoms with Gasteiger partial charge in [-0.05, 0) is 37.6 Å². The number of carbonyl (C=O) groups is 2. The lowest BCUT2D eigenvalue weighted by molar-refractivity contribution is -0.147. The Morgan fingerprint density at radius 2 is 1.91 bits per heavy atom. The van der Waals surface area contributed by atoms with Gasteiger partial charge in [-0.2, -0.15) is 0 Å². The molecule has 0 fully saturated rings. The molecular formula is C24H21ClN2O4S. The lowest BCUT2D eigenvalue weighted by Gasteiger charge is -2.19. The van der Waals surface area contributed by atoms with E-state index in [9.17, 15) is 14.4 Å². The molecule has 1 aliphatic rings. The van der Waals surface area contributed by atoms with Crippen molar-refractivity contribution in [2.75, 3.05) is 11.4 Å². The molecule has 1 amide bonds. The zero-order chi connectivity index (χ0) is 23.0. The number of fused-ring (bicyclic) bond motifs is 1. The van der Waals surface area contributed by atoms with Crippen molar-refractivity contribution >= 4 is 52.7 Å². The molecule has 4 rings (SSSR count). The van der Waals surface area contributed by atoms with E-state index in [4.69, 9.17) is 16.3 Å². The van der Waals surface area contributed by atoms with Crippen molar-refractivity contribution in [1.29, 1.82) is 0 Å². The van der Waals surface area contributed by atoms with Gasteiger partial charge in [0.1, 0.15) is 17.2 Å². The predicted molar refractivity (Wildman–Crippen MR) is 126 cm³/mol. The van der Waals surface area contributed by atoms with Crippen molar-refractivity contribution in [2.24, 2.45) is 0 Å². The van der Waals surface area contributed by atoms with Crippen LogP contribution in [-0.2, 0) is 20.9 Å². The molecule has 3 aromatic rings. The number of ether oxygens (including phenoxy) is 1. The summed E-state index contributed by atoms with van der Waals surface area (Å²) >= 11 is 7.35. The van der Waals surface area contributed by atoms with Gasteiger partial charge in [0.2, 0.25) is 0 Å². The zero-order valence-corrected chi connectivity index (χ0v) is 19.2. The Morgan fingerprint density at radius 3 is 2.56 bits per heavy atom. The highest BCUT2D eigenvalue weighted by atomic mass is 35.5. The van der Waals surface area contributed by atoms with E-state index >= 15 is 0 Å². The number of hydrogen-bond acceptors (Lipinski definition) is 5. The van der Waals surface area contributed by atoms with Crippen LogP contribution in [0.15, 0.2) is 53.3 Å². The number of thiazole rings is 1. The predicted octanol–water partition coefficient (Wildman–Crippen LogP) is 2.84. The minimum atomic E-state index is -0.549. The summed E-state index contributed by atoms with van der Waals surface area (Å²) in [6, 6.07) is 14.3. The number of rotatable bonds is 5. The number of amides is 1. The van der Waals surface area contributed by atoms with Gasteiger partial charge in [-0.25, -0.2) is 0 Å². The first kappa shape index (κ1) is 22.0. The lowest BCUT2D eigenvalue weighted by Crippen LogP contribution is -2.37. The Kier molecular flexibility index (Phi) is 6.04. The van der Waals surface area contributed by atoms with E-state index in [2.05, 4.69) is 6.58 Å². The third kappa shape index (κ3) is 3.89. The van der Waals surface area contributed by atoms with E-state index < -0.39 is 18.0 Å². The fraction of sp³-hybridized carbons (Fsp3) is 0.208. The molecule has 1 aromatic heterocycles. The molecular weight excluding hydrogens is 448 g/mol. The molecule has 0 N–H and O–H groups in total. The number of aromatic nitrogens is 1. The van der Waals surface area contributed by atoms with Crippen LogP contribution in [0.4, 0.5) is 5.69 Å². The second-order valence-electron chi connectivity index (χ2n) is 7.34. The van der Waals surface area contributed by atoms with Gasteiger partial charge in [-0.1, -0.05) is 48.5 Å². The molecule has 0 spiro atoms. The van der Waals surface area contributed by atoms with Gasteiger partial charge in [0, 0.05) is 17.1 Å². The van der Waals surface area contributed by atoms with Crippen LogP contribution in [0.2, 0.25) is 5.02 Å².